The van der Waals surface area contributed by atoms with Crippen LogP contribution in [0.5, 0.6) is 0 Å². The molecule has 0 bridgehead atoms. The van der Waals surface area contributed by atoms with Gasteiger partial charge in [0.25, 0.3) is 0 Å². The number of rotatable bonds is 2. The Kier molecular flexibility index (Phi) is 6.77. The third kappa shape index (κ3) is 4.40. The van der Waals surface area contributed by atoms with Crippen LogP contribution in [-0.4, -0.2) is 11.4 Å². The summed E-state index contributed by atoms with van der Waals surface area (Å²) in [5.41, 5.74) is 6.27. The molecule has 0 amide bonds. The number of aryl methyl sites for hydroxylation is 2. The maximum absolute atomic E-state index is 5.07. The van der Waals surface area contributed by atoms with Gasteiger partial charge in [-0.15, -0.1) is 0 Å². The Bertz CT molecular complexity index is 800. The number of anilines is 2. The quantitative estimate of drug-likeness (QED) is 0.600. The molecular formula is C25H35N3. The first-order chi connectivity index (χ1) is 13.7. The van der Waals surface area contributed by atoms with Gasteiger partial charge in [0.15, 0.2) is 0 Å². The van der Waals surface area contributed by atoms with Crippen molar-refractivity contribution in [2.24, 2.45) is 4.99 Å². The van der Waals surface area contributed by atoms with E-state index >= 15 is 0 Å². The highest BCUT2D eigenvalue weighted by atomic mass is 15.2. The molecule has 1 aliphatic heterocycles. The minimum atomic E-state index is -0.0417. The Morgan fingerprint density at radius 3 is 2.11 bits per heavy atom. The van der Waals surface area contributed by atoms with Gasteiger partial charge >= 0.3 is 0 Å². The van der Waals surface area contributed by atoms with E-state index in [4.69, 9.17) is 4.99 Å². The highest BCUT2D eigenvalue weighted by Gasteiger charge is 2.40. The molecule has 1 fully saturated rings. The Morgan fingerprint density at radius 1 is 0.857 bits per heavy atom. The number of benzene rings is 2. The fraction of sp³-hybridized carbons (Fsp3) is 0.480. The molecule has 1 heterocycles. The minimum absolute atomic E-state index is 0.0417. The molecule has 0 radical (unpaired) electrons. The average Bonchev–Trinajstić information content (AvgIpc) is 2.96. The van der Waals surface area contributed by atoms with Crippen LogP contribution >= 0.6 is 0 Å². The maximum Gasteiger partial charge on any atom is 0.127 e. The molecule has 0 atom stereocenters. The molecule has 4 rings (SSSR count). The molecule has 1 saturated carbocycles. The van der Waals surface area contributed by atoms with Crippen LogP contribution in [0.4, 0.5) is 11.4 Å². The van der Waals surface area contributed by atoms with E-state index in [-0.39, 0.29) is 5.54 Å². The number of hydrogen-bond acceptors (Lipinski definition) is 2. The Balaban J connectivity index is 0.00000109. The molecule has 1 aliphatic carbocycles. The van der Waals surface area contributed by atoms with Crippen molar-refractivity contribution in [2.45, 2.75) is 78.3 Å². The van der Waals surface area contributed by atoms with E-state index < -0.39 is 0 Å². The SMILES string of the molecule is CC.Cc1cc2c(cc1C)NC1(CCCCCC1)C(=NCc1ccccc1)N2. The van der Waals surface area contributed by atoms with Crippen LogP contribution in [-0.2, 0) is 6.54 Å². The first kappa shape index (κ1) is 20.4. The van der Waals surface area contributed by atoms with Gasteiger partial charge in [0.2, 0.25) is 0 Å². The second kappa shape index (κ2) is 9.27. The lowest BCUT2D eigenvalue weighted by molar-refractivity contribution is 0.524. The molecule has 28 heavy (non-hydrogen) atoms. The lowest BCUT2D eigenvalue weighted by Crippen LogP contribution is -2.52. The zero-order valence-corrected chi connectivity index (χ0v) is 17.9. The van der Waals surface area contributed by atoms with E-state index in [1.807, 2.05) is 13.8 Å². The Morgan fingerprint density at radius 2 is 1.46 bits per heavy atom. The van der Waals surface area contributed by atoms with E-state index in [1.54, 1.807) is 0 Å². The van der Waals surface area contributed by atoms with Gasteiger partial charge in [0.1, 0.15) is 5.84 Å². The molecule has 1 spiro atoms. The van der Waals surface area contributed by atoms with E-state index in [1.165, 1.54) is 48.1 Å². The van der Waals surface area contributed by atoms with Crippen molar-refractivity contribution in [3.8, 4) is 0 Å². The summed E-state index contributed by atoms with van der Waals surface area (Å²) in [6.07, 6.45) is 7.49. The van der Waals surface area contributed by atoms with Gasteiger partial charge in [-0.3, -0.25) is 4.99 Å². The van der Waals surface area contributed by atoms with Crippen molar-refractivity contribution in [2.75, 3.05) is 10.6 Å². The summed E-state index contributed by atoms with van der Waals surface area (Å²) >= 11 is 0. The van der Waals surface area contributed by atoms with Crippen molar-refractivity contribution >= 4 is 17.2 Å². The number of nitrogens with zero attached hydrogens (tertiary/aromatic N) is 1. The van der Waals surface area contributed by atoms with Crippen molar-refractivity contribution in [1.82, 2.24) is 0 Å². The van der Waals surface area contributed by atoms with Crippen LogP contribution in [0.3, 0.4) is 0 Å². The third-order valence-corrected chi connectivity index (χ3v) is 5.93. The second-order valence-electron chi connectivity index (χ2n) is 7.88. The largest absolute Gasteiger partial charge is 0.371 e. The number of fused-ring (bicyclic) bond motifs is 1. The smallest absolute Gasteiger partial charge is 0.127 e. The lowest BCUT2D eigenvalue weighted by Gasteiger charge is -2.41. The topological polar surface area (TPSA) is 36.4 Å². The zero-order chi connectivity index (χ0) is 20.0. The summed E-state index contributed by atoms with van der Waals surface area (Å²) in [5, 5.41) is 7.62. The van der Waals surface area contributed by atoms with Gasteiger partial charge in [-0.05, 0) is 55.5 Å². The molecule has 2 aromatic rings. The first-order valence-electron chi connectivity index (χ1n) is 10.9. The lowest BCUT2D eigenvalue weighted by atomic mass is 9.85. The van der Waals surface area contributed by atoms with Gasteiger partial charge in [-0.2, -0.15) is 0 Å². The highest BCUT2D eigenvalue weighted by molar-refractivity contribution is 6.09. The van der Waals surface area contributed by atoms with Crippen molar-refractivity contribution in [1.29, 1.82) is 0 Å². The van der Waals surface area contributed by atoms with Crippen LogP contribution in [0.15, 0.2) is 47.5 Å². The number of aliphatic imine (C=N–C) groups is 1. The van der Waals surface area contributed by atoms with Crippen molar-refractivity contribution in [3.05, 3.63) is 59.2 Å². The molecular weight excluding hydrogens is 342 g/mol. The standard InChI is InChI=1S/C23H29N3.C2H6/c1-17-14-20-21(15-18(17)2)26-23(12-8-3-4-9-13-23)22(25-20)24-16-19-10-6-5-7-11-19;1-2/h5-7,10-11,14-15,26H,3-4,8-9,12-13,16H2,1-2H3,(H,24,25);1-2H3. The van der Waals surface area contributed by atoms with Crippen LogP contribution in [0.25, 0.3) is 0 Å². The summed E-state index contributed by atoms with van der Waals surface area (Å²) in [5.74, 6) is 1.12. The van der Waals surface area contributed by atoms with Crippen molar-refractivity contribution < 1.29 is 0 Å². The first-order valence-corrected chi connectivity index (χ1v) is 10.9. The summed E-state index contributed by atoms with van der Waals surface area (Å²) in [6.45, 7) is 9.09. The Labute approximate surface area is 170 Å². The normalized spacial score (nSPS) is 18.9. The van der Waals surface area contributed by atoms with Crippen LogP contribution in [0.1, 0.15) is 69.1 Å². The molecule has 2 aromatic carbocycles. The molecule has 0 saturated heterocycles. The molecule has 0 aromatic heterocycles. The van der Waals surface area contributed by atoms with Gasteiger partial charge < -0.3 is 10.6 Å². The molecule has 3 nitrogen and oxygen atoms in total. The molecule has 150 valence electrons. The Hall–Kier alpha value is -2.29. The fourth-order valence-electron chi connectivity index (χ4n) is 4.23. The number of amidine groups is 1. The predicted molar refractivity (Wildman–Crippen MR) is 123 cm³/mol. The fourth-order valence-corrected chi connectivity index (χ4v) is 4.23. The maximum atomic E-state index is 5.07. The monoisotopic (exact) mass is 377 g/mol. The van der Waals surface area contributed by atoms with Gasteiger partial charge in [0, 0.05) is 0 Å². The van der Waals surface area contributed by atoms with Crippen LogP contribution in [0.2, 0.25) is 0 Å². The van der Waals surface area contributed by atoms with Gasteiger partial charge in [0.05, 0.1) is 23.5 Å². The van der Waals surface area contributed by atoms with Gasteiger partial charge in [-0.25, -0.2) is 0 Å². The number of hydrogen-bond donors (Lipinski definition) is 2. The van der Waals surface area contributed by atoms with E-state index in [2.05, 4.69) is 66.9 Å². The summed E-state index contributed by atoms with van der Waals surface area (Å²) in [4.78, 5) is 5.07. The zero-order valence-electron chi connectivity index (χ0n) is 17.9. The van der Waals surface area contributed by atoms with E-state index in [9.17, 15) is 0 Å². The van der Waals surface area contributed by atoms with E-state index in [0.717, 1.165) is 30.9 Å². The second-order valence-corrected chi connectivity index (χ2v) is 7.88. The third-order valence-electron chi connectivity index (χ3n) is 5.93. The average molecular weight is 378 g/mol. The summed E-state index contributed by atoms with van der Waals surface area (Å²) in [6, 6.07) is 15.1. The highest BCUT2D eigenvalue weighted by Crippen LogP contribution is 2.40. The van der Waals surface area contributed by atoms with Gasteiger partial charge in [-0.1, -0.05) is 69.9 Å². The number of nitrogens with one attached hydrogen (secondary N) is 2. The molecule has 0 unspecified atom stereocenters. The van der Waals surface area contributed by atoms with Crippen LogP contribution < -0.4 is 10.6 Å². The minimum Gasteiger partial charge on any atom is -0.371 e. The van der Waals surface area contributed by atoms with Crippen LogP contribution in [0, 0.1) is 13.8 Å². The molecule has 2 aliphatic rings. The molecule has 2 N–H and O–H groups in total. The summed E-state index contributed by atoms with van der Waals surface area (Å²) in [7, 11) is 0. The van der Waals surface area contributed by atoms with Crippen molar-refractivity contribution in [3.63, 3.8) is 0 Å². The predicted octanol–water partition coefficient (Wildman–Crippen LogP) is 6.86. The summed E-state index contributed by atoms with van der Waals surface area (Å²) < 4.78 is 0. The van der Waals surface area contributed by atoms with E-state index in [0.29, 0.717) is 0 Å². The molecule has 3 heteroatoms.